The molecule has 1 atom stereocenters. The summed E-state index contributed by atoms with van der Waals surface area (Å²) in [6.45, 7) is 1.57. The summed E-state index contributed by atoms with van der Waals surface area (Å²) in [5, 5.41) is -0.0000679. The van der Waals surface area contributed by atoms with Gasteiger partial charge in [0, 0.05) is 0 Å². The Morgan fingerprint density at radius 3 is 2.76 bits per heavy atom. The lowest BCUT2D eigenvalue weighted by molar-refractivity contribution is 0.458. The van der Waals surface area contributed by atoms with E-state index in [9.17, 15) is 12.8 Å². The minimum Gasteiger partial charge on any atom is -0.468 e. The first-order valence-corrected chi connectivity index (χ1v) is 8.38. The fourth-order valence-corrected chi connectivity index (χ4v) is 3.58. The zero-order valence-electron chi connectivity index (χ0n) is 10.7. The molecule has 21 heavy (non-hydrogen) atoms. The number of anilines is 1. The molecule has 114 valence electrons. The molecule has 5 nitrogen and oxygen atoms in total. The van der Waals surface area contributed by atoms with E-state index < -0.39 is 26.8 Å². The topological polar surface area (TPSA) is 85.3 Å². The van der Waals surface area contributed by atoms with Crippen LogP contribution in [-0.2, 0) is 10.0 Å². The second-order valence-corrected chi connectivity index (χ2v) is 7.14. The highest BCUT2D eigenvalue weighted by Gasteiger charge is 2.26. The molecule has 2 rings (SSSR count). The largest absolute Gasteiger partial charge is 0.468 e. The first kappa shape index (κ1) is 16.3. The molecule has 9 heteroatoms. The van der Waals surface area contributed by atoms with Gasteiger partial charge in [-0.25, -0.2) is 17.5 Å². The van der Waals surface area contributed by atoms with Crippen molar-refractivity contribution in [2.45, 2.75) is 17.9 Å². The highest BCUT2D eigenvalue weighted by atomic mass is 79.9. The van der Waals surface area contributed by atoms with Crippen LogP contribution in [0.5, 0.6) is 0 Å². The van der Waals surface area contributed by atoms with Crippen LogP contribution in [-0.4, -0.2) is 8.42 Å². The summed E-state index contributed by atoms with van der Waals surface area (Å²) in [6.07, 6.45) is 1.41. The number of benzene rings is 1. The Hall–Kier alpha value is -1.09. The number of nitrogens with two attached hydrogens (primary N) is 1. The molecular weight excluding hydrogens is 387 g/mol. The summed E-state index contributed by atoms with van der Waals surface area (Å²) in [7, 11) is -4.15. The maximum absolute atomic E-state index is 14.1. The van der Waals surface area contributed by atoms with Gasteiger partial charge in [0.1, 0.15) is 10.7 Å². The molecule has 0 spiro atoms. The lowest BCUT2D eigenvalue weighted by Gasteiger charge is -2.14. The molecule has 0 radical (unpaired) electrons. The molecule has 0 bridgehead atoms. The van der Waals surface area contributed by atoms with Gasteiger partial charge in [0.05, 0.1) is 27.5 Å². The van der Waals surface area contributed by atoms with Gasteiger partial charge in [-0.05, 0) is 41.1 Å². The van der Waals surface area contributed by atoms with Crippen molar-refractivity contribution in [1.29, 1.82) is 0 Å². The molecule has 0 saturated carbocycles. The van der Waals surface area contributed by atoms with E-state index in [0.29, 0.717) is 5.76 Å². The van der Waals surface area contributed by atoms with Crippen LogP contribution in [0, 0.1) is 5.82 Å². The molecule has 1 unspecified atom stereocenters. The van der Waals surface area contributed by atoms with Gasteiger partial charge in [0.15, 0.2) is 5.82 Å². The van der Waals surface area contributed by atoms with Crippen LogP contribution in [0.15, 0.2) is 38.2 Å². The van der Waals surface area contributed by atoms with Crippen LogP contribution >= 0.6 is 27.5 Å². The number of rotatable bonds is 4. The molecule has 1 aromatic carbocycles. The molecule has 0 aliphatic rings. The van der Waals surface area contributed by atoms with Crippen LogP contribution in [0.2, 0.25) is 5.02 Å². The summed E-state index contributed by atoms with van der Waals surface area (Å²) in [6, 6.07) is 3.55. The normalized spacial score (nSPS) is 13.3. The number of halogens is 3. The standard InChI is InChI=1S/C12H11BrClFN2O3S/c1-6(8-3-2-4-20-8)17-21(18,19)9-5-7(14)10(13)12(16)11(9)15/h2-6,17H,16H2,1H3. The Kier molecular flexibility index (Phi) is 4.62. The third-order valence-corrected chi connectivity index (χ3v) is 5.67. The van der Waals surface area contributed by atoms with Crippen LogP contribution in [0.25, 0.3) is 0 Å². The highest BCUT2D eigenvalue weighted by Crippen LogP contribution is 2.35. The number of nitrogens with one attached hydrogen (secondary N) is 1. The Balaban J connectivity index is 2.41. The summed E-state index contributed by atoms with van der Waals surface area (Å²) in [5.74, 6) is -0.666. The molecule has 0 fully saturated rings. The maximum atomic E-state index is 14.1. The van der Waals surface area contributed by atoms with E-state index >= 15 is 0 Å². The van der Waals surface area contributed by atoms with Gasteiger partial charge in [-0.2, -0.15) is 0 Å². The predicted octanol–water partition coefficient (Wildman–Crippen LogP) is 3.46. The minimum atomic E-state index is -4.15. The molecule has 1 heterocycles. The Bertz CT molecular complexity index is 765. The van der Waals surface area contributed by atoms with Crippen molar-refractivity contribution in [2.24, 2.45) is 0 Å². The van der Waals surface area contributed by atoms with Gasteiger partial charge < -0.3 is 10.2 Å². The van der Waals surface area contributed by atoms with E-state index in [-0.39, 0.29) is 15.2 Å². The molecule has 3 N–H and O–H groups in total. The summed E-state index contributed by atoms with van der Waals surface area (Å²) >= 11 is 8.81. The molecule has 0 amide bonds. The zero-order valence-corrected chi connectivity index (χ0v) is 13.9. The fourth-order valence-electron chi connectivity index (χ4n) is 1.69. The Morgan fingerprint density at radius 1 is 1.52 bits per heavy atom. The van der Waals surface area contributed by atoms with Gasteiger partial charge in [0.2, 0.25) is 10.0 Å². The molecular formula is C12H11BrClFN2O3S. The van der Waals surface area contributed by atoms with Gasteiger partial charge in [-0.1, -0.05) is 11.6 Å². The number of sulfonamides is 1. The van der Waals surface area contributed by atoms with E-state index in [1.165, 1.54) is 6.26 Å². The fraction of sp³-hybridized carbons (Fsp3) is 0.167. The zero-order chi connectivity index (χ0) is 15.8. The number of nitrogen functional groups attached to an aromatic ring is 1. The molecule has 1 aromatic heterocycles. The van der Waals surface area contributed by atoms with E-state index in [1.54, 1.807) is 19.1 Å². The van der Waals surface area contributed by atoms with Crippen molar-refractivity contribution >= 4 is 43.2 Å². The number of furan rings is 1. The SMILES string of the molecule is CC(NS(=O)(=O)c1cc(Cl)c(Br)c(N)c1F)c1ccco1. The quantitative estimate of drug-likeness (QED) is 0.611. The first-order valence-electron chi connectivity index (χ1n) is 5.72. The van der Waals surface area contributed by atoms with Crippen molar-refractivity contribution in [3.63, 3.8) is 0 Å². The summed E-state index contributed by atoms with van der Waals surface area (Å²) < 4.78 is 46.1. The van der Waals surface area contributed by atoms with Crippen molar-refractivity contribution in [3.05, 3.63) is 45.5 Å². The van der Waals surface area contributed by atoms with E-state index in [4.69, 9.17) is 21.8 Å². The number of hydrogen-bond acceptors (Lipinski definition) is 4. The molecule has 0 saturated heterocycles. The molecule has 0 aliphatic carbocycles. The summed E-state index contributed by atoms with van der Waals surface area (Å²) in [4.78, 5) is -0.619. The monoisotopic (exact) mass is 396 g/mol. The third kappa shape index (κ3) is 3.23. The second kappa shape index (κ2) is 5.96. The lowest BCUT2D eigenvalue weighted by Crippen LogP contribution is -2.27. The van der Waals surface area contributed by atoms with Gasteiger partial charge in [-0.15, -0.1) is 0 Å². The number of hydrogen-bond donors (Lipinski definition) is 2. The summed E-state index contributed by atoms with van der Waals surface area (Å²) in [5.41, 5.74) is 5.12. The van der Waals surface area contributed by atoms with Crippen molar-refractivity contribution in [3.8, 4) is 0 Å². The Labute approximate surface area is 134 Å². The molecule has 2 aromatic rings. The maximum Gasteiger partial charge on any atom is 0.244 e. The predicted molar refractivity (Wildman–Crippen MR) is 81.0 cm³/mol. The van der Waals surface area contributed by atoms with Gasteiger partial charge in [-0.3, -0.25) is 0 Å². The van der Waals surface area contributed by atoms with Crippen LogP contribution in [0.3, 0.4) is 0 Å². The minimum absolute atomic E-state index is 0.0000679. The van der Waals surface area contributed by atoms with E-state index in [1.807, 2.05) is 0 Å². The first-order chi connectivity index (χ1) is 9.74. The highest BCUT2D eigenvalue weighted by molar-refractivity contribution is 9.10. The van der Waals surface area contributed by atoms with E-state index in [2.05, 4.69) is 20.7 Å². The van der Waals surface area contributed by atoms with Crippen LogP contribution in [0.4, 0.5) is 10.1 Å². The third-order valence-electron chi connectivity index (χ3n) is 2.75. The average Bonchev–Trinajstić information content (AvgIpc) is 2.94. The van der Waals surface area contributed by atoms with E-state index in [0.717, 1.165) is 6.07 Å². The Morgan fingerprint density at radius 2 is 2.19 bits per heavy atom. The van der Waals surface area contributed by atoms with Crippen LogP contribution in [0.1, 0.15) is 18.7 Å². The van der Waals surface area contributed by atoms with Gasteiger partial charge in [0.25, 0.3) is 0 Å². The molecule has 0 aliphatic heterocycles. The van der Waals surface area contributed by atoms with Crippen molar-refractivity contribution in [1.82, 2.24) is 4.72 Å². The second-order valence-electron chi connectivity index (χ2n) is 4.26. The average molecular weight is 398 g/mol. The van der Waals surface area contributed by atoms with Crippen molar-refractivity contribution < 1.29 is 17.2 Å². The van der Waals surface area contributed by atoms with Gasteiger partial charge >= 0.3 is 0 Å². The lowest BCUT2D eigenvalue weighted by atomic mass is 10.3. The smallest absolute Gasteiger partial charge is 0.244 e. The van der Waals surface area contributed by atoms with Crippen LogP contribution < -0.4 is 10.5 Å². The van der Waals surface area contributed by atoms with Crippen molar-refractivity contribution in [2.75, 3.05) is 5.73 Å².